The number of benzene rings is 1. The van der Waals surface area contributed by atoms with E-state index in [0.29, 0.717) is 36.9 Å². The first-order valence-corrected chi connectivity index (χ1v) is 12.8. The zero-order valence-corrected chi connectivity index (χ0v) is 21.4. The van der Waals surface area contributed by atoms with Crippen LogP contribution in [-0.4, -0.2) is 63.0 Å². The number of pyridine rings is 1. The molecule has 0 N–H and O–H groups in total. The van der Waals surface area contributed by atoms with Gasteiger partial charge in [0, 0.05) is 39.4 Å². The van der Waals surface area contributed by atoms with Gasteiger partial charge in [0.1, 0.15) is 5.69 Å². The molecule has 33 heavy (non-hydrogen) atoms. The second kappa shape index (κ2) is 15.7. The molecule has 0 saturated carbocycles. The number of sulfonamides is 1. The summed E-state index contributed by atoms with van der Waals surface area (Å²) in [5.41, 5.74) is 2.66. The van der Waals surface area contributed by atoms with Crippen molar-refractivity contribution in [2.24, 2.45) is 0 Å². The Labute approximate surface area is 199 Å². The molecule has 0 amide bonds. The van der Waals surface area contributed by atoms with Crippen LogP contribution >= 0.6 is 0 Å². The summed E-state index contributed by atoms with van der Waals surface area (Å²) in [6.07, 6.45) is 3.97. The fourth-order valence-electron chi connectivity index (χ4n) is 2.71. The second-order valence-electron chi connectivity index (χ2n) is 7.72. The van der Waals surface area contributed by atoms with E-state index in [1.54, 1.807) is 24.4 Å². The number of Topliss-reactive ketones (excluding diaryl/α,β-unsaturated/α-hetero) is 1. The van der Waals surface area contributed by atoms with E-state index in [0.717, 1.165) is 37.2 Å². The van der Waals surface area contributed by atoms with E-state index in [1.165, 1.54) is 11.2 Å². The number of aryl methyl sites for hydroxylation is 2. The molecular formula is C25H38N2O5S. The largest absolute Gasteiger partial charge is 0.381 e. The highest BCUT2D eigenvalue weighted by molar-refractivity contribution is 7.89. The normalized spacial score (nSPS) is 13.8. The lowest BCUT2D eigenvalue weighted by molar-refractivity contribution is 0.0730. The molecule has 1 aliphatic rings. The summed E-state index contributed by atoms with van der Waals surface area (Å²) in [6.45, 7) is 13.3. The van der Waals surface area contributed by atoms with Gasteiger partial charge in [-0.3, -0.25) is 9.78 Å². The van der Waals surface area contributed by atoms with Crippen LogP contribution in [0.1, 0.15) is 55.2 Å². The lowest BCUT2D eigenvalue weighted by atomic mass is 10.2. The molecule has 1 fully saturated rings. The molecule has 8 heteroatoms. The maximum atomic E-state index is 12.2. The van der Waals surface area contributed by atoms with Gasteiger partial charge in [-0.25, -0.2) is 8.42 Å². The smallest absolute Gasteiger partial charge is 0.243 e. The third-order valence-corrected chi connectivity index (χ3v) is 6.51. The maximum Gasteiger partial charge on any atom is 0.243 e. The van der Waals surface area contributed by atoms with Gasteiger partial charge in [-0.05, 0) is 50.5 Å². The molecule has 0 aliphatic carbocycles. The summed E-state index contributed by atoms with van der Waals surface area (Å²) >= 11 is 0. The predicted octanol–water partition coefficient (Wildman–Crippen LogP) is 4.43. The molecule has 0 radical (unpaired) electrons. The SMILES string of the molecule is CC(=O)c1ccc(C)cn1.CCCOCCC.Cc1ccc(S(=O)(=O)N2CCOCC2)cc1. The molecule has 184 valence electrons. The van der Waals surface area contributed by atoms with Gasteiger partial charge in [0.15, 0.2) is 5.78 Å². The van der Waals surface area contributed by atoms with Crippen LogP contribution in [0.5, 0.6) is 0 Å². The summed E-state index contributed by atoms with van der Waals surface area (Å²) in [6, 6.07) is 10.5. The molecule has 1 aromatic heterocycles. The number of carbonyl (C=O) groups excluding carboxylic acids is 1. The minimum absolute atomic E-state index is 0.0139. The lowest BCUT2D eigenvalue weighted by Gasteiger charge is -2.26. The molecular weight excluding hydrogens is 440 g/mol. The Morgan fingerprint density at radius 3 is 1.97 bits per heavy atom. The number of ketones is 1. The Morgan fingerprint density at radius 2 is 1.52 bits per heavy atom. The highest BCUT2D eigenvalue weighted by atomic mass is 32.2. The maximum absolute atomic E-state index is 12.2. The zero-order chi connectivity index (χ0) is 24.7. The second-order valence-corrected chi connectivity index (χ2v) is 9.66. The van der Waals surface area contributed by atoms with Gasteiger partial charge in [-0.2, -0.15) is 4.31 Å². The van der Waals surface area contributed by atoms with Crippen molar-refractivity contribution in [1.29, 1.82) is 0 Å². The topological polar surface area (TPSA) is 85.8 Å². The number of aromatic nitrogens is 1. The molecule has 0 atom stereocenters. The number of hydrogen-bond acceptors (Lipinski definition) is 6. The predicted molar refractivity (Wildman–Crippen MR) is 131 cm³/mol. The first-order valence-electron chi connectivity index (χ1n) is 11.4. The first-order chi connectivity index (χ1) is 15.7. The van der Waals surface area contributed by atoms with Crippen LogP contribution in [0, 0.1) is 13.8 Å². The van der Waals surface area contributed by atoms with Crippen molar-refractivity contribution in [3.63, 3.8) is 0 Å². The van der Waals surface area contributed by atoms with E-state index in [1.807, 2.05) is 32.0 Å². The van der Waals surface area contributed by atoms with Gasteiger partial charge in [-0.15, -0.1) is 0 Å². The van der Waals surface area contributed by atoms with Gasteiger partial charge in [-0.1, -0.05) is 37.6 Å². The van der Waals surface area contributed by atoms with E-state index in [2.05, 4.69) is 18.8 Å². The monoisotopic (exact) mass is 478 g/mol. The van der Waals surface area contributed by atoms with Crippen LogP contribution in [-0.2, 0) is 19.5 Å². The van der Waals surface area contributed by atoms with Crippen molar-refractivity contribution >= 4 is 15.8 Å². The minimum Gasteiger partial charge on any atom is -0.381 e. The zero-order valence-electron chi connectivity index (χ0n) is 20.5. The highest BCUT2D eigenvalue weighted by Gasteiger charge is 2.25. The number of hydrogen-bond donors (Lipinski definition) is 0. The summed E-state index contributed by atoms with van der Waals surface area (Å²) in [5, 5.41) is 0. The van der Waals surface area contributed by atoms with Gasteiger partial charge >= 0.3 is 0 Å². The summed E-state index contributed by atoms with van der Waals surface area (Å²) in [4.78, 5) is 15.0. The van der Waals surface area contributed by atoms with Crippen LogP contribution in [0.3, 0.4) is 0 Å². The van der Waals surface area contributed by atoms with E-state index >= 15 is 0 Å². The van der Waals surface area contributed by atoms with Crippen molar-refractivity contribution < 1.29 is 22.7 Å². The Hall–Kier alpha value is -2.13. The van der Waals surface area contributed by atoms with Crippen molar-refractivity contribution in [2.75, 3.05) is 39.5 Å². The Kier molecular flexibility index (Phi) is 13.7. The molecule has 0 unspecified atom stereocenters. The molecule has 1 aliphatic heterocycles. The standard InChI is InChI=1S/C11H15NO3S.C8H9NO.C6H14O/c1-10-2-4-11(5-3-10)16(13,14)12-6-8-15-9-7-12;1-6-3-4-8(7(2)10)9-5-6;1-3-5-7-6-4-2/h2-5H,6-9H2,1H3;3-5H,1-2H3;3-6H2,1-2H3. The van der Waals surface area contributed by atoms with Crippen LogP contribution in [0.15, 0.2) is 47.5 Å². The van der Waals surface area contributed by atoms with Gasteiger partial charge < -0.3 is 9.47 Å². The molecule has 2 aromatic rings. The fourth-order valence-corrected chi connectivity index (χ4v) is 4.12. The van der Waals surface area contributed by atoms with E-state index in [4.69, 9.17) is 9.47 Å². The molecule has 7 nitrogen and oxygen atoms in total. The van der Waals surface area contributed by atoms with Gasteiger partial charge in [0.25, 0.3) is 0 Å². The van der Waals surface area contributed by atoms with E-state index < -0.39 is 10.0 Å². The van der Waals surface area contributed by atoms with Crippen molar-refractivity contribution in [3.05, 3.63) is 59.4 Å². The van der Waals surface area contributed by atoms with Crippen molar-refractivity contribution in [1.82, 2.24) is 9.29 Å². The van der Waals surface area contributed by atoms with Gasteiger partial charge in [0.2, 0.25) is 10.0 Å². The van der Waals surface area contributed by atoms with E-state index in [9.17, 15) is 13.2 Å². The molecule has 3 rings (SSSR count). The van der Waals surface area contributed by atoms with Crippen LogP contribution in [0.4, 0.5) is 0 Å². The number of nitrogens with zero attached hydrogens (tertiary/aromatic N) is 2. The van der Waals surface area contributed by atoms with Crippen LogP contribution in [0.25, 0.3) is 0 Å². The van der Waals surface area contributed by atoms with E-state index in [-0.39, 0.29) is 5.78 Å². The number of morpholine rings is 1. The molecule has 1 aromatic carbocycles. The quantitative estimate of drug-likeness (QED) is 0.432. The van der Waals surface area contributed by atoms with Crippen molar-refractivity contribution in [2.45, 2.75) is 52.4 Å². The summed E-state index contributed by atoms with van der Waals surface area (Å²) < 4.78 is 36.1. The van der Waals surface area contributed by atoms with Crippen LogP contribution < -0.4 is 0 Å². The third-order valence-electron chi connectivity index (χ3n) is 4.60. The van der Waals surface area contributed by atoms with Crippen LogP contribution in [0.2, 0.25) is 0 Å². The number of ether oxygens (including phenoxy) is 2. The fraction of sp³-hybridized carbons (Fsp3) is 0.520. The lowest BCUT2D eigenvalue weighted by Crippen LogP contribution is -2.40. The number of rotatable bonds is 7. The third kappa shape index (κ3) is 11.0. The minimum atomic E-state index is -3.33. The van der Waals surface area contributed by atoms with Crippen molar-refractivity contribution in [3.8, 4) is 0 Å². The Bertz CT molecular complexity index is 903. The molecule has 1 saturated heterocycles. The highest BCUT2D eigenvalue weighted by Crippen LogP contribution is 2.17. The summed E-state index contributed by atoms with van der Waals surface area (Å²) in [5.74, 6) is 0.0139. The Morgan fingerprint density at radius 1 is 0.970 bits per heavy atom. The first kappa shape index (κ1) is 28.9. The molecule has 0 bridgehead atoms. The number of carbonyl (C=O) groups is 1. The molecule has 0 spiro atoms. The summed E-state index contributed by atoms with van der Waals surface area (Å²) in [7, 11) is -3.33. The average molecular weight is 479 g/mol. The molecule has 2 heterocycles. The Balaban J connectivity index is 0.000000275. The van der Waals surface area contributed by atoms with Gasteiger partial charge in [0.05, 0.1) is 18.1 Å². The average Bonchev–Trinajstić information content (AvgIpc) is 2.81.